The lowest BCUT2D eigenvalue weighted by molar-refractivity contribution is 0.0920. The lowest BCUT2D eigenvalue weighted by Gasteiger charge is -2.32. The molecular weight excluding hydrogens is 264 g/mol. The van der Waals surface area contributed by atoms with Crippen LogP contribution in [0.2, 0.25) is 0 Å². The van der Waals surface area contributed by atoms with Crippen molar-refractivity contribution in [1.82, 2.24) is 14.8 Å². The van der Waals surface area contributed by atoms with Gasteiger partial charge in [-0.05, 0) is 45.3 Å². The summed E-state index contributed by atoms with van der Waals surface area (Å²) in [5, 5.41) is 3.05. The number of carbonyl (C=O) groups excluding carboxylic acids is 1. The summed E-state index contributed by atoms with van der Waals surface area (Å²) in [5.41, 5.74) is 7.13. The standard InChI is InChI=1S/C16H28N4O/c1-3-7-20-12-14(17)10-15(20)16(21)18-11-13(2)19-8-5-4-6-9-19/h10,12-13H,3-9,11,17H2,1-2H3,(H,18,21). The van der Waals surface area contributed by atoms with Gasteiger partial charge in [-0.3, -0.25) is 9.69 Å². The number of hydrogen-bond acceptors (Lipinski definition) is 3. The van der Waals surface area contributed by atoms with Crippen molar-refractivity contribution in [1.29, 1.82) is 0 Å². The van der Waals surface area contributed by atoms with Crippen molar-refractivity contribution in [2.75, 3.05) is 25.4 Å². The van der Waals surface area contributed by atoms with E-state index in [1.54, 1.807) is 6.07 Å². The van der Waals surface area contributed by atoms with Gasteiger partial charge < -0.3 is 15.6 Å². The Bertz CT molecular complexity index is 463. The van der Waals surface area contributed by atoms with E-state index in [2.05, 4.69) is 24.1 Å². The van der Waals surface area contributed by atoms with E-state index in [1.807, 2.05) is 10.8 Å². The maximum absolute atomic E-state index is 12.3. The van der Waals surface area contributed by atoms with E-state index in [-0.39, 0.29) is 5.91 Å². The lowest BCUT2D eigenvalue weighted by Crippen LogP contribution is -2.44. The molecular formula is C16H28N4O. The number of hydrogen-bond donors (Lipinski definition) is 2. The second-order valence-electron chi connectivity index (χ2n) is 6.01. The number of nitrogens with one attached hydrogen (secondary N) is 1. The molecule has 0 aliphatic carbocycles. The Hall–Kier alpha value is -1.49. The topological polar surface area (TPSA) is 63.3 Å². The van der Waals surface area contributed by atoms with Crippen molar-refractivity contribution in [3.05, 3.63) is 18.0 Å². The smallest absolute Gasteiger partial charge is 0.268 e. The molecule has 0 spiro atoms. The molecule has 0 aromatic carbocycles. The maximum Gasteiger partial charge on any atom is 0.268 e. The molecule has 5 nitrogen and oxygen atoms in total. The molecule has 2 heterocycles. The maximum atomic E-state index is 12.3. The van der Waals surface area contributed by atoms with Crippen LogP contribution in [0.25, 0.3) is 0 Å². The van der Waals surface area contributed by atoms with Gasteiger partial charge in [-0.25, -0.2) is 0 Å². The molecule has 118 valence electrons. The quantitative estimate of drug-likeness (QED) is 0.844. The fourth-order valence-electron chi connectivity index (χ4n) is 2.97. The number of anilines is 1. The molecule has 1 unspecified atom stereocenters. The summed E-state index contributed by atoms with van der Waals surface area (Å²) in [6, 6.07) is 2.15. The molecule has 2 rings (SSSR count). The Morgan fingerprint density at radius 3 is 2.76 bits per heavy atom. The number of nitrogens with two attached hydrogens (primary N) is 1. The van der Waals surface area contributed by atoms with Gasteiger partial charge in [-0.15, -0.1) is 0 Å². The third kappa shape index (κ3) is 4.24. The second-order valence-corrected chi connectivity index (χ2v) is 6.01. The van der Waals surface area contributed by atoms with Gasteiger partial charge in [0, 0.05) is 25.3 Å². The summed E-state index contributed by atoms with van der Waals surface area (Å²) in [7, 11) is 0. The van der Waals surface area contributed by atoms with E-state index >= 15 is 0 Å². The molecule has 1 aromatic heterocycles. The number of rotatable bonds is 6. The average Bonchev–Trinajstić information content (AvgIpc) is 2.86. The van der Waals surface area contributed by atoms with Crippen LogP contribution < -0.4 is 11.1 Å². The molecule has 0 saturated carbocycles. The zero-order chi connectivity index (χ0) is 15.2. The highest BCUT2D eigenvalue weighted by Gasteiger charge is 2.18. The van der Waals surface area contributed by atoms with Crippen LogP contribution in [0, 0.1) is 0 Å². The van der Waals surface area contributed by atoms with Crippen molar-refractivity contribution in [3.63, 3.8) is 0 Å². The van der Waals surface area contributed by atoms with Crippen molar-refractivity contribution in [2.24, 2.45) is 0 Å². The highest BCUT2D eigenvalue weighted by atomic mass is 16.1. The van der Waals surface area contributed by atoms with E-state index in [1.165, 1.54) is 19.3 Å². The number of nitrogen functional groups attached to an aromatic ring is 1. The van der Waals surface area contributed by atoms with Gasteiger partial charge in [0.25, 0.3) is 5.91 Å². The van der Waals surface area contributed by atoms with E-state index in [0.717, 1.165) is 26.1 Å². The number of piperidine rings is 1. The second kappa shape index (κ2) is 7.50. The van der Waals surface area contributed by atoms with Gasteiger partial charge in [0.05, 0.1) is 5.69 Å². The van der Waals surface area contributed by atoms with E-state index in [9.17, 15) is 4.79 Å². The Balaban J connectivity index is 1.89. The third-order valence-electron chi connectivity index (χ3n) is 4.19. The molecule has 5 heteroatoms. The fourth-order valence-corrected chi connectivity index (χ4v) is 2.97. The zero-order valence-electron chi connectivity index (χ0n) is 13.3. The number of likely N-dealkylation sites (tertiary alicyclic amines) is 1. The lowest BCUT2D eigenvalue weighted by atomic mass is 10.1. The predicted octanol–water partition coefficient (Wildman–Crippen LogP) is 2.08. The molecule has 21 heavy (non-hydrogen) atoms. The molecule has 1 aliphatic heterocycles. The monoisotopic (exact) mass is 292 g/mol. The number of aromatic nitrogens is 1. The van der Waals surface area contributed by atoms with Crippen LogP contribution in [-0.2, 0) is 6.54 Å². The van der Waals surface area contributed by atoms with Crippen LogP contribution in [0.4, 0.5) is 5.69 Å². The van der Waals surface area contributed by atoms with Crippen LogP contribution >= 0.6 is 0 Å². The largest absolute Gasteiger partial charge is 0.397 e. The van der Waals surface area contributed by atoms with Crippen molar-refractivity contribution < 1.29 is 4.79 Å². The summed E-state index contributed by atoms with van der Waals surface area (Å²) >= 11 is 0. The first-order valence-corrected chi connectivity index (χ1v) is 8.09. The van der Waals surface area contributed by atoms with Gasteiger partial charge in [-0.2, -0.15) is 0 Å². The van der Waals surface area contributed by atoms with Gasteiger partial charge in [0.1, 0.15) is 5.69 Å². The highest BCUT2D eigenvalue weighted by molar-refractivity contribution is 5.93. The molecule has 1 saturated heterocycles. The Morgan fingerprint density at radius 1 is 1.38 bits per heavy atom. The summed E-state index contributed by atoms with van der Waals surface area (Å²) in [5.74, 6) is -0.0241. The van der Waals surface area contributed by atoms with Crippen LogP contribution in [0.1, 0.15) is 50.0 Å². The predicted molar refractivity (Wildman–Crippen MR) is 86.4 cm³/mol. The highest BCUT2D eigenvalue weighted by Crippen LogP contribution is 2.13. The first-order valence-electron chi connectivity index (χ1n) is 8.09. The number of aryl methyl sites for hydroxylation is 1. The molecule has 1 aromatic rings. The minimum absolute atomic E-state index is 0.0241. The van der Waals surface area contributed by atoms with Crippen molar-refractivity contribution in [2.45, 2.75) is 52.1 Å². The summed E-state index contributed by atoms with van der Waals surface area (Å²) in [6.07, 6.45) is 6.70. The SMILES string of the molecule is CCCn1cc(N)cc1C(=O)NCC(C)N1CCCCC1. The molecule has 1 fully saturated rings. The van der Waals surface area contributed by atoms with Gasteiger partial charge in [-0.1, -0.05) is 13.3 Å². The normalized spacial score (nSPS) is 17.6. The fraction of sp³-hybridized carbons (Fsp3) is 0.688. The van der Waals surface area contributed by atoms with Crippen LogP contribution in [-0.4, -0.2) is 41.1 Å². The van der Waals surface area contributed by atoms with Crippen molar-refractivity contribution >= 4 is 11.6 Å². The van der Waals surface area contributed by atoms with Gasteiger partial charge >= 0.3 is 0 Å². The summed E-state index contributed by atoms with van der Waals surface area (Å²) in [4.78, 5) is 14.8. The molecule has 1 atom stereocenters. The van der Waals surface area contributed by atoms with Crippen molar-refractivity contribution in [3.8, 4) is 0 Å². The van der Waals surface area contributed by atoms with Crippen LogP contribution in [0.15, 0.2) is 12.3 Å². The minimum atomic E-state index is -0.0241. The molecule has 0 bridgehead atoms. The van der Waals surface area contributed by atoms with E-state index in [4.69, 9.17) is 5.73 Å². The first kappa shape index (κ1) is 15.9. The molecule has 0 radical (unpaired) electrons. The third-order valence-corrected chi connectivity index (χ3v) is 4.19. The van der Waals surface area contributed by atoms with E-state index < -0.39 is 0 Å². The summed E-state index contributed by atoms with van der Waals surface area (Å²) < 4.78 is 1.94. The first-order chi connectivity index (χ1) is 10.1. The summed E-state index contributed by atoms with van der Waals surface area (Å²) in [6.45, 7) is 8.09. The Morgan fingerprint density at radius 2 is 2.10 bits per heavy atom. The number of amides is 1. The molecule has 1 aliphatic rings. The van der Waals surface area contributed by atoms with Gasteiger partial charge in [0.2, 0.25) is 0 Å². The number of carbonyl (C=O) groups is 1. The Kier molecular flexibility index (Phi) is 5.67. The number of nitrogens with zero attached hydrogens (tertiary/aromatic N) is 2. The zero-order valence-corrected chi connectivity index (χ0v) is 13.3. The average molecular weight is 292 g/mol. The molecule has 3 N–H and O–H groups in total. The molecule has 1 amide bonds. The van der Waals surface area contributed by atoms with Crippen LogP contribution in [0.3, 0.4) is 0 Å². The minimum Gasteiger partial charge on any atom is -0.397 e. The van der Waals surface area contributed by atoms with Gasteiger partial charge in [0.15, 0.2) is 0 Å². The van der Waals surface area contributed by atoms with E-state index in [0.29, 0.717) is 24.0 Å². The Labute approximate surface area is 127 Å². The van der Waals surface area contributed by atoms with Crippen LogP contribution in [0.5, 0.6) is 0 Å².